The lowest BCUT2D eigenvalue weighted by Gasteiger charge is -2.24. The van der Waals surface area contributed by atoms with Crippen LogP contribution in [0.25, 0.3) is 5.82 Å². The van der Waals surface area contributed by atoms with Gasteiger partial charge >= 0.3 is 0 Å². The molecule has 7 nitrogen and oxygen atoms in total. The fourth-order valence-electron chi connectivity index (χ4n) is 2.38. The maximum Gasteiger partial charge on any atom is 0.191 e. The Kier molecular flexibility index (Phi) is 9.17. The molecule has 2 N–H and O–H groups in total. The molecule has 0 spiro atoms. The van der Waals surface area contributed by atoms with Gasteiger partial charge in [-0.05, 0) is 52.3 Å². The SMILES string of the molecule is CCNC(=NCc1ccc(-n2nc(C)cc2C)nc1)NCC(C)(C)OC.I. The molecule has 0 fully saturated rings. The highest BCUT2D eigenvalue weighted by atomic mass is 127. The number of hydrogen-bond donors (Lipinski definition) is 2. The van der Waals surface area contributed by atoms with E-state index in [1.807, 2.05) is 63.7 Å². The predicted molar refractivity (Wildman–Crippen MR) is 120 cm³/mol. The van der Waals surface area contributed by atoms with E-state index in [0.29, 0.717) is 13.1 Å². The number of nitrogens with zero attached hydrogens (tertiary/aromatic N) is 4. The van der Waals surface area contributed by atoms with Crippen molar-refractivity contribution in [2.24, 2.45) is 4.99 Å². The Morgan fingerprint density at radius 2 is 2.00 bits per heavy atom. The molecule has 2 aromatic heterocycles. The third kappa shape index (κ3) is 7.10. The molecule has 0 amide bonds. The second-order valence-electron chi connectivity index (χ2n) is 6.88. The predicted octanol–water partition coefficient (Wildman–Crippen LogP) is 2.98. The summed E-state index contributed by atoms with van der Waals surface area (Å²) in [6, 6.07) is 6.04. The lowest BCUT2D eigenvalue weighted by atomic mass is 10.1. The standard InChI is InChI=1S/C19H30N6O.HI/c1-7-20-18(23-13-19(4,5)26-6)22-12-16-8-9-17(21-11-16)25-15(3)10-14(2)24-25;/h8-11H,7,12-13H2,1-6H3,(H2,20,22,23);1H. The van der Waals surface area contributed by atoms with Crippen LogP contribution < -0.4 is 10.6 Å². The molecule has 0 bridgehead atoms. The molecule has 0 saturated heterocycles. The van der Waals surface area contributed by atoms with Crippen molar-refractivity contribution >= 4 is 29.9 Å². The number of halogens is 1. The van der Waals surface area contributed by atoms with Crippen LogP contribution in [-0.2, 0) is 11.3 Å². The first-order chi connectivity index (χ1) is 12.3. The van der Waals surface area contributed by atoms with Gasteiger partial charge in [-0.1, -0.05) is 6.07 Å². The number of nitrogens with one attached hydrogen (secondary N) is 2. The fraction of sp³-hybridized carbons (Fsp3) is 0.526. The Balaban J connectivity index is 0.00000364. The van der Waals surface area contributed by atoms with Crippen LogP contribution in [0.15, 0.2) is 29.4 Å². The van der Waals surface area contributed by atoms with Crippen LogP contribution in [0.4, 0.5) is 0 Å². The van der Waals surface area contributed by atoms with E-state index < -0.39 is 0 Å². The van der Waals surface area contributed by atoms with Crippen LogP contribution >= 0.6 is 24.0 Å². The minimum atomic E-state index is -0.251. The van der Waals surface area contributed by atoms with Crippen molar-refractivity contribution < 1.29 is 4.74 Å². The highest BCUT2D eigenvalue weighted by Gasteiger charge is 2.16. The molecule has 27 heavy (non-hydrogen) atoms. The number of aromatic nitrogens is 3. The van der Waals surface area contributed by atoms with E-state index in [9.17, 15) is 0 Å². The lowest BCUT2D eigenvalue weighted by molar-refractivity contribution is 0.0268. The highest BCUT2D eigenvalue weighted by molar-refractivity contribution is 14.0. The molecule has 0 aliphatic heterocycles. The Labute approximate surface area is 179 Å². The zero-order valence-electron chi connectivity index (χ0n) is 17.0. The maximum absolute atomic E-state index is 5.43. The van der Waals surface area contributed by atoms with Gasteiger partial charge in [0.2, 0.25) is 0 Å². The first-order valence-corrected chi connectivity index (χ1v) is 8.90. The van der Waals surface area contributed by atoms with Gasteiger partial charge < -0.3 is 15.4 Å². The summed E-state index contributed by atoms with van der Waals surface area (Å²) in [5, 5.41) is 11.0. The molecule has 0 atom stereocenters. The first kappa shape index (κ1) is 23.4. The maximum atomic E-state index is 5.43. The van der Waals surface area contributed by atoms with Crippen molar-refractivity contribution in [2.45, 2.75) is 46.8 Å². The monoisotopic (exact) mass is 486 g/mol. The van der Waals surface area contributed by atoms with Gasteiger partial charge in [0.05, 0.1) is 17.8 Å². The molecule has 2 aromatic rings. The minimum absolute atomic E-state index is 0. The van der Waals surface area contributed by atoms with Gasteiger partial charge in [0.1, 0.15) is 0 Å². The van der Waals surface area contributed by atoms with Gasteiger partial charge in [-0.2, -0.15) is 5.10 Å². The number of aryl methyl sites for hydroxylation is 2. The van der Waals surface area contributed by atoms with Gasteiger partial charge in [-0.15, -0.1) is 24.0 Å². The van der Waals surface area contributed by atoms with E-state index in [1.54, 1.807) is 7.11 Å². The van der Waals surface area contributed by atoms with Gasteiger partial charge in [-0.25, -0.2) is 14.7 Å². The number of guanidine groups is 1. The topological polar surface area (TPSA) is 76.4 Å². The molecule has 0 radical (unpaired) electrons. The molecule has 8 heteroatoms. The molecular formula is C19H31IN6O. The van der Waals surface area contributed by atoms with E-state index in [1.165, 1.54) is 0 Å². The van der Waals surface area contributed by atoms with Crippen molar-refractivity contribution in [3.8, 4) is 5.82 Å². The summed E-state index contributed by atoms with van der Waals surface area (Å²) in [5.74, 6) is 1.58. The Hall–Kier alpha value is -1.68. The minimum Gasteiger partial charge on any atom is -0.377 e. The van der Waals surface area contributed by atoms with E-state index >= 15 is 0 Å². The number of ether oxygens (including phenoxy) is 1. The molecule has 0 aromatic carbocycles. The van der Waals surface area contributed by atoms with Crippen LogP contribution in [0.3, 0.4) is 0 Å². The summed E-state index contributed by atoms with van der Waals surface area (Å²) >= 11 is 0. The molecule has 0 aliphatic rings. The largest absolute Gasteiger partial charge is 0.377 e. The van der Waals surface area contributed by atoms with Crippen LogP contribution in [0.2, 0.25) is 0 Å². The van der Waals surface area contributed by atoms with Crippen LogP contribution in [0.1, 0.15) is 37.7 Å². The summed E-state index contributed by atoms with van der Waals surface area (Å²) in [6.07, 6.45) is 1.85. The Bertz CT molecular complexity index is 739. The van der Waals surface area contributed by atoms with E-state index in [-0.39, 0.29) is 29.6 Å². The molecule has 0 unspecified atom stereocenters. The molecule has 2 heterocycles. The number of aliphatic imine (C=N–C) groups is 1. The van der Waals surface area contributed by atoms with E-state index in [0.717, 1.165) is 35.3 Å². The van der Waals surface area contributed by atoms with Crippen molar-refractivity contribution in [1.82, 2.24) is 25.4 Å². The Morgan fingerprint density at radius 1 is 1.26 bits per heavy atom. The van der Waals surface area contributed by atoms with Crippen molar-refractivity contribution in [1.29, 1.82) is 0 Å². The van der Waals surface area contributed by atoms with Crippen LogP contribution in [0, 0.1) is 13.8 Å². The highest BCUT2D eigenvalue weighted by Crippen LogP contribution is 2.11. The van der Waals surface area contributed by atoms with Crippen molar-refractivity contribution in [2.75, 3.05) is 20.2 Å². The zero-order chi connectivity index (χ0) is 19.2. The summed E-state index contributed by atoms with van der Waals surface area (Å²) in [4.78, 5) is 9.14. The number of pyridine rings is 1. The fourth-order valence-corrected chi connectivity index (χ4v) is 2.38. The Morgan fingerprint density at radius 3 is 2.52 bits per heavy atom. The first-order valence-electron chi connectivity index (χ1n) is 8.90. The molecular weight excluding hydrogens is 455 g/mol. The van der Waals surface area contributed by atoms with Gasteiger partial charge in [-0.3, -0.25) is 0 Å². The molecule has 150 valence electrons. The van der Waals surface area contributed by atoms with Gasteiger partial charge in [0.15, 0.2) is 11.8 Å². The quantitative estimate of drug-likeness (QED) is 0.358. The van der Waals surface area contributed by atoms with Gasteiger partial charge in [0.25, 0.3) is 0 Å². The van der Waals surface area contributed by atoms with Crippen LogP contribution in [-0.4, -0.2) is 46.5 Å². The normalized spacial score (nSPS) is 11.9. The second kappa shape index (κ2) is 10.6. The third-order valence-electron chi connectivity index (χ3n) is 4.03. The summed E-state index contributed by atoms with van der Waals surface area (Å²) < 4.78 is 7.28. The average molecular weight is 486 g/mol. The number of hydrogen-bond acceptors (Lipinski definition) is 4. The van der Waals surface area contributed by atoms with Crippen molar-refractivity contribution in [3.05, 3.63) is 41.3 Å². The zero-order valence-corrected chi connectivity index (χ0v) is 19.4. The van der Waals surface area contributed by atoms with Gasteiger partial charge in [0, 0.05) is 32.1 Å². The molecule has 2 rings (SSSR count). The van der Waals surface area contributed by atoms with E-state index in [4.69, 9.17) is 4.74 Å². The average Bonchev–Trinajstić information content (AvgIpc) is 2.96. The summed E-state index contributed by atoms with van der Waals surface area (Å²) in [6.45, 7) is 12.1. The molecule has 0 saturated carbocycles. The smallest absolute Gasteiger partial charge is 0.191 e. The number of rotatable bonds is 7. The van der Waals surface area contributed by atoms with Crippen LogP contribution in [0.5, 0.6) is 0 Å². The lowest BCUT2D eigenvalue weighted by Crippen LogP contribution is -2.45. The summed E-state index contributed by atoms with van der Waals surface area (Å²) in [5.41, 5.74) is 2.84. The summed E-state index contributed by atoms with van der Waals surface area (Å²) in [7, 11) is 1.71. The second-order valence-corrected chi connectivity index (χ2v) is 6.88. The number of methoxy groups -OCH3 is 1. The van der Waals surface area contributed by atoms with Crippen molar-refractivity contribution in [3.63, 3.8) is 0 Å². The van der Waals surface area contributed by atoms with E-state index in [2.05, 4.69) is 25.7 Å². The third-order valence-corrected chi connectivity index (χ3v) is 4.03. The molecule has 0 aliphatic carbocycles.